The van der Waals surface area contributed by atoms with E-state index in [1.54, 1.807) is 18.3 Å². The van der Waals surface area contributed by atoms with Crippen molar-refractivity contribution in [3.8, 4) is 0 Å². The van der Waals surface area contributed by atoms with Crippen LogP contribution in [0.4, 0.5) is 0 Å². The van der Waals surface area contributed by atoms with Gasteiger partial charge in [-0.2, -0.15) is 0 Å². The highest BCUT2D eigenvalue weighted by atomic mass is 32.2. The first-order chi connectivity index (χ1) is 9.53. The van der Waals surface area contributed by atoms with E-state index in [0.717, 1.165) is 0 Å². The molecule has 1 fully saturated rings. The summed E-state index contributed by atoms with van der Waals surface area (Å²) in [6.07, 6.45) is 2.29. The standard InChI is InChI=1S/C13H15N3O3S/c17-13-7-11(15-12-3-1-2-5-16(12)13)8-14-10-4-6-20(18,19)9-10/h1-3,5,7,10,14H,4,6,8-9H2. The third-order valence-electron chi connectivity index (χ3n) is 3.43. The summed E-state index contributed by atoms with van der Waals surface area (Å²) in [5.74, 6) is 0.401. The van der Waals surface area contributed by atoms with Gasteiger partial charge in [-0.1, -0.05) is 6.07 Å². The van der Waals surface area contributed by atoms with E-state index in [9.17, 15) is 13.2 Å². The van der Waals surface area contributed by atoms with Gasteiger partial charge < -0.3 is 5.32 Å². The number of hydrogen-bond donors (Lipinski definition) is 1. The van der Waals surface area contributed by atoms with E-state index in [-0.39, 0.29) is 23.1 Å². The number of fused-ring (bicyclic) bond motifs is 1. The summed E-state index contributed by atoms with van der Waals surface area (Å²) < 4.78 is 24.2. The lowest BCUT2D eigenvalue weighted by Crippen LogP contribution is -2.30. The number of pyridine rings is 1. The van der Waals surface area contributed by atoms with Gasteiger partial charge in [0, 0.05) is 24.8 Å². The van der Waals surface area contributed by atoms with Gasteiger partial charge >= 0.3 is 0 Å². The highest BCUT2D eigenvalue weighted by Crippen LogP contribution is 2.11. The summed E-state index contributed by atoms with van der Waals surface area (Å²) in [7, 11) is -2.89. The van der Waals surface area contributed by atoms with Gasteiger partial charge in [0.2, 0.25) is 0 Å². The predicted octanol–water partition coefficient (Wildman–Crippen LogP) is -0.0288. The Balaban J connectivity index is 1.77. The van der Waals surface area contributed by atoms with Crippen molar-refractivity contribution in [2.45, 2.75) is 19.0 Å². The number of rotatable bonds is 3. The van der Waals surface area contributed by atoms with Gasteiger partial charge in [-0.15, -0.1) is 0 Å². The SMILES string of the molecule is O=c1cc(CNC2CCS(=O)(=O)C2)nc2ccccn12. The first-order valence-corrected chi connectivity index (χ1v) is 8.27. The summed E-state index contributed by atoms with van der Waals surface area (Å²) in [6, 6.07) is 6.80. The molecule has 0 amide bonds. The van der Waals surface area contributed by atoms with Gasteiger partial charge in [0.05, 0.1) is 17.2 Å². The fraction of sp³-hybridized carbons (Fsp3) is 0.385. The molecule has 3 rings (SSSR count). The van der Waals surface area contributed by atoms with Crippen LogP contribution >= 0.6 is 0 Å². The summed E-state index contributed by atoms with van der Waals surface area (Å²) in [5, 5.41) is 3.16. The van der Waals surface area contributed by atoms with Crippen LogP contribution in [0.15, 0.2) is 35.3 Å². The van der Waals surface area contributed by atoms with Crippen molar-refractivity contribution in [2.75, 3.05) is 11.5 Å². The van der Waals surface area contributed by atoms with Gasteiger partial charge in [0.25, 0.3) is 5.56 Å². The van der Waals surface area contributed by atoms with Crippen molar-refractivity contribution >= 4 is 15.5 Å². The first-order valence-electron chi connectivity index (χ1n) is 6.45. The maximum atomic E-state index is 11.9. The first kappa shape index (κ1) is 13.3. The molecule has 2 aromatic heterocycles. The Labute approximate surface area is 116 Å². The molecule has 20 heavy (non-hydrogen) atoms. The van der Waals surface area contributed by atoms with E-state index in [1.807, 2.05) is 6.07 Å². The minimum absolute atomic E-state index is 0.0453. The lowest BCUT2D eigenvalue weighted by atomic mass is 10.2. The number of aromatic nitrogens is 2. The van der Waals surface area contributed by atoms with Crippen LogP contribution in [0.25, 0.3) is 5.65 Å². The fourth-order valence-corrected chi connectivity index (χ4v) is 4.11. The van der Waals surface area contributed by atoms with Crippen molar-refractivity contribution in [2.24, 2.45) is 0 Å². The molecule has 1 atom stereocenters. The molecule has 0 aromatic carbocycles. The van der Waals surface area contributed by atoms with Crippen molar-refractivity contribution in [1.29, 1.82) is 0 Å². The van der Waals surface area contributed by atoms with Gasteiger partial charge in [0.1, 0.15) is 5.65 Å². The lowest BCUT2D eigenvalue weighted by molar-refractivity contribution is 0.548. The van der Waals surface area contributed by atoms with Crippen LogP contribution in [0.2, 0.25) is 0 Å². The fourth-order valence-electron chi connectivity index (χ4n) is 2.40. The van der Waals surface area contributed by atoms with E-state index < -0.39 is 9.84 Å². The van der Waals surface area contributed by atoms with Crippen LogP contribution in [0.3, 0.4) is 0 Å². The maximum Gasteiger partial charge on any atom is 0.258 e. The molecule has 1 unspecified atom stereocenters. The second kappa shape index (κ2) is 4.99. The Morgan fingerprint density at radius 1 is 1.40 bits per heavy atom. The molecule has 1 saturated heterocycles. The molecule has 106 valence electrons. The molecule has 0 radical (unpaired) electrons. The topological polar surface area (TPSA) is 80.5 Å². The van der Waals surface area contributed by atoms with Crippen LogP contribution in [-0.2, 0) is 16.4 Å². The highest BCUT2D eigenvalue weighted by molar-refractivity contribution is 7.91. The number of nitrogens with one attached hydrogen (secondary N) is 1. The van der Waals surface area contributed by atoms with E-state index >= 15 is 0 Å². The molecule has 0 spiro atoms. The van der Waals surface area contributed by atoms with Crippen molar-refractivity contribution in [3.05, 3.63) is 46.5 Å². The minimum atomic E-state index is -2.89. The Hall–Kier alpha value is -1.73. The van der Waals surface area contributed by atoms with Gasteiger partial charge in [-0.3, -0.25) is 9.20 Å². The quantitative estimate of drug-likeness (QED) is 0.859. The summed E-state index contributed by atoms with van der Waals surface area (Å²) in [4.78, 5) is 16.3. The smallest absolute Gasteiger partial charge is 0.258 e. The Bertz CT molecular complexity index is 798. The second-order valence-electron chi connectivity index (χ2n) is 5.00. The Morgan fingerprint density at radius 2 is 2.25 bits per heavy atom. The van der Waals surface area contributed by atoms with Crippen molar-refractivity contribution < 1.29 is 8.42 Å². The molecule has 1 aliphatic rings. The molecular weight excluding hydrogens is 278 g/mol. The molecule has 0 bridgehead atoms. The predicted molar refractivity (Wildman–Crippen MR) is 75.4 cm³/mol. The number of sulfone groups is 1. The van der Waals surface area contributed by atoms with Gasteiger partial charge in [-0.25, -0.2) is 13.4 Å². The monoisotopic (exact) mass is 293 g/mol. The zero-order chi connectivity index (χ0) is 14.2. The van der Waals surface area contributed by atoms with E-state index in [1.165, 1.54) is 10.5 Å². The Kier molecular flexibility index (Phi) is 3.31. The minimum Gasteiger partial charge on any atom is -0.307 e. The van der Waals surface area contributed by atoms with Crippen LogP contribution < -0.4 is 10.9 Å². The third kappa shape index (κ3) is 2.73. The summed E-state index contributed by atoms with van der Waals surface area (Å²) in [6.45, 7) is 0.404. The molecular formula is C13H15N3O3S. The Morgan fingerprint density at radius 3 is 3.00 bits per heavy atom. The molecule has 7 heteroatoms. The zero-order valence-electron chi connectivity index (χ0n) is 10.8. The van der Waals surface area contributed by atoms with Crippen LogP contribution in [0.5, 0.6) is 0 Å². The molecule has 6 nitrogen and oxygen atoms in total. The van der Waals surface area contributed by atoms with Crippen molar-refractivity contribution in [1.82, 2.24) is 14.7 Å². The number of nitrogens with zero attached hydrogens (tertiary/aromatic N) is 2. The zero-order valence-corrected chi connectivity index (χ0v) is 11.6. The number of hydrogen-bond acceptors (Lipinski definition) is 5. The highest BCUT2D eigenvalue weighted by Gasteiger charge is 2.27. The molecule has 1 N–H and O–H groups in total. The lowest BCUT2D eigenvalue weighted by Gasteiger charge is -2.10. The second-order valence-corrected chi connectivity index (χ2v) is 7.22. The van der Waals surface area contributed by atoms with Gasteiger partial charge in [-0.05, 0) is 18.6 Å². The van der Waals surface area contributed by atoms with E-state index in [0.29, 0.717) is 24.3 Å². The molecule has 0 aliphatic carbocycles. The molecule has 2 aromatic rings. The third-order valence-corrected chi connectivity index (χ3v) is 5.20. The van der Waals surface area contributed by atoms with Crippen LogP contribution in [-0.4, -0.2) is 35.4 Å². The maximum absolute atomic E-state index is 11.9. The van der Waals surface area contributed by atoms with E-state index in [4.69, 9.17) is 0 Å². The summed E-state index contributed by atoms with van der Waals surface area (Å²) in [5.41, 5.74) is 1.09. The van der Waals surface area contributed by atoms with Gasteiger partial charge in [0.15, 0.2) is 9.84 Å². The van der Waals surface area contributed by atoms with Crippen LogP contribution in [0, 0.1) is 0 Å². The largest absolute Gasteiger partial charge is 0.307 e. The summed E-state index contributed by atoms with van der Waals surface area (Å²) >= 11 is 0. The molecule has 3 heterocycles. The van der Waals surface area contributed by atoms with Crippen LogP contribution in [0.1, 0.15) is 12.1 Å². The average molecular weight is 293 g/mol. The molecule has 1 aliphatic heterocycles. The van der Waals surface area contributed by atoms with E-state index in [2.05, 4.69) is 10.3 Å². The average Bonchev–Trinajstić information content (AvgIpc) is 2.76. The normalized spacial score (nSPS) is 21.3. The van der Waals surface area contributed by atoms with Crippen molar-refractivity contribution in [3.63, 3.8) is 0 Å². The molecule has 0 saturated carbocycles.